The second kappa shape index (κ2) is 5.06. The number of nitrogens with zero attached hydrogens (tertiary/aromatic N) is 1. The van der Waals surface area contributed by atoms with Gasteiger partial charge in [-0.3, -0.25) is 4.90 Å². The summed E-state index contributed by atoms with van der Waals surface area (Å²) in [6.45, 7) is 15.9. The standard InChI is InChI=1S/C18H35N/c1-16(2,3)15-10-13-19(17(4,5)6)18(14-15)11-8-7-9-12-18/h15H,7-14H2,1-6H3. The van der Waals surface area contributed by atoms with E-state index < -0.39 is 0 Å². The number of likely N-dealkylation sites (tertiary alicyclic amines) is 1. The lowest BCUT2D eigenvalue weighted by Crippen LogP contribution is -2.62. The average Bonchev–Trinajstić information content (AvgIpc) is 2.27. The first-order valence-corrected chi connectivity index (χ1v) is 8.43. The van der Waals surface area contributed by atoms with Crippen molar-refractivity contribution in [3.8, 4) is 0 Å². The molecule has 2 aliphatic rings. The molecule has 0 aromatic carbocycles. The van der Waals surface area contributed by atoms with Gasteiger partial charge in [-0.2, -0.15) is 0 Å². The maximum Gasteiger partial charge on any atom is 0.0217 e. The van der Waals surface area contributed by atoms with E-state index in [4.69, 9.17) is 0 Å². The molecule has 19 heavy (non-hydrogen) atoms. The Hall–Kier alpha value is -0.0400. The minimum atomic E-state index is 0.334. The molecule has 2 fully saturated rings. The highest BCUT2D eigenvalue weighted by atomic mass is 15.3. The summed E-state index contributed by atoms with van der Waals surface area (Å²) in [5.41, 5.74) is 1.33. The Morgan fingerprint density at radius 1 is 0.895 bits per heavy atom. The molecule has 1 heteroatoms. The first-order chi connectivity index (χ1) is 8.65. The van der Waals surface area contributed by atoms with Crippen molar-refractivity contribution in [2.24, 2.45) is 11.3 Å². The van der Waals surface area contributed by atoms with Crippen LogP contribution < -0.4 is 0 Å². The van der Waals surface area contributed by atoms with Gasteiger partial charge < -0.3 is 0 Å². The van der Waals surface area contributed by atoms with Crippen LogP contribution in [0.5, 0.6) is 0 Å². The van der Waals surface area contributed by atoms with E-state index in [1.165, 1.54) is 51.5 Å². The quantitative estimate of drug-likeness (QED) is 0.578. The monoisotopic (exact) mass is 265 g/mol. The van der Waals surface area contributed by atoms with E-state index in [1.807, 2.05) is 0 Å². The molecule has 1 spiro atoms. The minimum Gasteiger partial charge on any atom is -0.293 e. The van der Waals surface area contributed by atoms with Crippen molar-refractivity contribution in [3.63, 3.8) is 0 Å². The molecule has 0 amide bonds. The van der Waals surface area contributed by atoms with E-state index in [9.17, 15) is 0 Å². The lowest BCUT2D eigenvalue weighted by molar-refractivity contribution is -0.0811. The fraction of sp³-hybridized carbons (Fsp3) is 1.00. The van der Waals surface area contributed by atoms with Gasteiger partial charge >= 0.3 is 0 Å². The zero-order valence-corrected chi connectivity index (χ0v) is 14.2. The predicted molar refractivity (Wildman–Crippen MR) is 84.5 cm³/mol. The van der Waals surface area contributed by atoms with Crippen molar-refractivity contribution in [1.29, 1.82) is 0 Å². The third-order valence-corrected chi connectivity index (χ3v) is 5.72. The highest BCUT2D eigenvalue weighted by Gasteiger charge is 2.48. The Labute approximate surface area is 121 Å². The molecular weight excluding hydrogens is 230 g/mol. The summed E-state index contributed by atoms with van der Waals surface area (Å²) in [6.07, 6.45) is 10.1. The number of rotatable bonds is 0. The molecule has 0 N–H and O–H groups in total. The number of hydrogen-bond acceptors (Lipinski definition) is 1. The van der Waals surface area contributed by atoms with Gasteiger partial charge in [0, 0.05) is 11.1 Å². The molecule has 112 valence electrons. The summed E-state index contributed by atoms with van der Waals surface area (Å²) < 4.78 is 0. The zero-order valence-electron chi connectivity index (χ0n) is 14.2. The molecule has 1 heterocycles. The van der Waals surface area contributed by atoms with E-state index in [0.717, 1.165) is 5.92 Å². The van der Waals surface area contributed by atoms with E-state index in [0.29, 0.717) is 16.5 Å². The Bertz CT molecular complexity index is 299. The summed E-state index contributed by atoms with van der Waals surface area (Å²) in [4.78, 5) is 2.88. The summed E-state index contributed by atoms with van der Waals surface area (Å²) in [6, 6.07) is 0. The van der Waals surface area contributed by atoms with Gasteiger partial charge in [0.1, 0.15) is 0 Å². The highest BCUT2D eigenvalue weighted by Crippen LogP contribution is 2.49. The van der Waals surface area contributed by atoms with E-state index >= 15 is 0 Å². The van der Waals surface area contributed by atoms with Crippen LogP contribution >= 0.6 is 0 Å². The average molecular weight is 265 g/mol. The van der Waals surface area contributed by atoms with Crippen molar-refractivity contribution < 1.29 is 0 Å². The van der Waals surface area contributed by atoms with Crippen LogP contribution in [-0.4, -0.2) is 22.5 Å². The minimum absolute atomic E-state index is 0.334. The molecule has 0 radical (unpaired) electrons. The first kappa shape index (κ1) is 15.4. The van der Waals surface area contributed by atoms with E-state index in [1.54, 1.807) is 0 Å². The maximum absolute atomic E-state index is 2.88. The largest absolute Gasteiger partial charge is 0.293 e. The maximum atomic E-state index is 2.88. The fourth-order valence-electron chi connectivity index (χ4n) is 4.66. The third-order valence-electron chi connectivity index (χ3n) is 5.72. The SMILES string of the molecule is CC(C)(C)C1CCN(C(C)(C)C)C2(CCCCC2)C1. The number of hydrogen-bond donors (Lipinski definition) is 0. The molecule has 1 saturated heterocycles. The molecular formula is C18H35N. The van der Waals surface area contributed by atoms with Crippen LogP contribution in [0, 0.1) is 11.3 Å². The second-order valence-corrected chi connectivity index (χ2v) is 9.16. The summed E-state index contributed by atoms with van der Waals surface area (Å²) in [5.74, 6) is 0.907. The van der Waals surface area contributed by atoms with E-state index in [2.05, 4.69) is 46.4 Å². The molecule has 1 aliphatic carbocycles. The topological polar surface area (TPSA) is 3.24 Å². The Morgan fingerprint density at radius 3 is 1.95 bits per heavy atom. The Kier molecular flexibility index (Phi) is 4.09. The molecule has 0 aromatic rings. The lowest BCUT2D eigenvalue weighted by atomic mass is 9.64. The highest BCUT2D eigenvalue weighted by molar-refractivity contribution is 5.03. The van der Waals surface area contributed by atoms with Gasteiger partial charge in [0.2, 0.25) is 0 Å². The van der Waals surface area contributed by atoms with Crippen molar-refractivity contribution in [1.82, 2.24) is 4.90 Å². The van der Waals surface area contributed by atoms with Gasteiger partial charge in [0.15, 0.2) is 0 Å². The molecule has 1 atom stereocenters. The zero-order chi connectivity index (χ0) is 14.3. The Morgan fingerprint density at radius 2 is 1.47 bits per heavy atom. The van der Waals surface area contributed by atoms with Crippen molar-refractivity contribution >= 4 is 0 Å². The summed E-state index contributed by atoms with van der Waals surface area (Å²) in [7, 11) is 0. The predicted octanol–water partition coefficient (Wildman–Crippen LogP) is 5.25. The van der Waals surface area contributed by atoms with Gasteiger partial charge in [-0.15, -0.1) is 0 Å². The van der Waals surface area contributed by atoms with Crippen molar-refractivity contribution in [2.75, 3.05) is 6.54 Å². The molecule has 0 aromatic heterocycles. The number of piperidine rings is 1. The molecule has 1 nitrogen and oxygen atoms in total. The van der Waals surface area contributed by atoms with Gasteiger partial charge in [-0.1, -0.05) is 40.0 Å². The van der Waals surface area contributed by atoms with E-state index in [-0.39, 0.29) is 0 Å². The molecule has 2 rings (SSSR count). The normalized spacial score (nSPS) is 29.7. The van der Waals surface area contributed by atoms with Gasteiger partial charge in [0.25, 0.3) is 0 Å². The second-order valence-electron chi connectivity index (χ2n) is 9.16. The van der Waals surface area contributed by atoms with Gasteiger partial charge in [-0.05, 0) is 64.3 Å². The molecule has 1 saturated carbocycles. The summed E-state index contributed by atoms with van der Waals surface area (Å²) >= 11 is 0. The van der Waals surface area contributed by atoms with Crippen molar-refractivity contribution in [3.05, 3.63) is 0 Å². The van der Waals surface area contributed by atoms with Crippen LogP contribution in [-0.2, 0) is 0 Å². The molecule has 1 unspecified atom stereocenters. The van der Waals surface area contributed by atoms with Crippen molar-refractivity contribution in [2.45, 2.75) is 97.6 Å². The first-order valence-electron chi connectivity index (χ1n) is 8.43. The lowest BCUT2D eigenvalue weighted by Gasteiger charge is -2.58. The molecule has 0 bridgehead atoms. The van der Waals surface area contributed by atoms with Crippen LogP contribution in [0.25, 0.3) is 0 Å². The van der Waals surface area contributed by atoms with Crippen LogP contribution in [0.2, 0.25) is 0 Å². The third kappa shape index (κ3) is 3.17. The summed E-state index contributed by atoms with van der Waals surface area (Å²) in [5, 5.41) is 0. The Balaban J connectivity index is 2.24. The van der Waals surface area contributed by atoms with Crippen LogP contribution in [0.15, 0.2) is 0 Å². The van der Waals surface area contributed by atoms with Gasteiger partial charge in [-0.25, -0.2) is 0 Å². The van der Waals surface area contributed by atoms with Crippen LogP contribution in [0.3, 0.4) is 0 Å². The smallest absolute Gasteiger partial charge is 0.0217 e. The molecule has 1 aliphatic heterocycles. The van der Waals surface area contributed by atoms with Gasteiger partial charge in [0.05, 0.1) is 0 Å². The van der Waals surface area contributed by atoms with Crippen LogP contribution in [0.1, 0.15) is 86.5 Å². The fourth-order valence-corrected chi connectivity index (χ4v) is 4.66. The van der Waals surface area contributed by atoms with Crippen LogP contribution in [0.4, 0.5) is 0 Å².